The van der Waals surface area contributed by atoms with E-state index in [4.69, 9.17) is 0 Å². The molecule has 0 spiro atoms. The van der Waals surface area contributed by atoms with E-state index >= 15 is 0 Å². The van der Waals surface area contributed by atoms with Crippen molar-refractivity contribution in [2.45, 2.75) is 37.0 Å². The van der Waals surface area contributed by atoms with Gasteiger partial charge in [-0.15, -0.1) is 0 Å². The molecule has 3 nitrogen and oxygen atoms in total. The van der Waals surface area contributed by atoms with E-state index in [1.54, 1.807) is 23.9 Å². The molecule has 22 heavy (non-hydrogen) atoms. The lowest BCUT2D eigenvalue weighted by molar-refractivity contribution is -0.130. The first-order valence-electron chi connectivity index (χ1n) is 7.57. The molecule has 1 heterocycles. The van der Waals surface area contributed by atoms with Crippen molar-refractivity contribution in [3.63, 3.8) is 0 Å². The van der Waals surface area contributed by atoms with Crippen molar-refractivity contribution in [1.29, 1.82) is 0 Å². The van der Waals surface area contributed by atoms with Gasteiger partial charge in [-0.05, 0) is 60.9 Å². The Balaban J connectivity index is 2.01. The predicted octanol–water partition coefficient (Wildman–Crippen LogP) is 4.06. The summed E-state index contributed by atoms with van der Waals surface area (Å²) in [5.74, 6) is -0.696. The van der Waals surface area contributed by atoms with Gasteiger partial charge in [0, 0.05) is 15.4 Å². The number of hydrogen-bond acceptors (Lipinski definition) is 3. The van der Waals surface area contributed by atoms with Crippen LogP contribution in [0.15, 0.2) is 39.7 Å². The number of carboxylic acids is 1. The van der Waals surface area contributed by atoms with E-state index in [9.17, 15) is 15.0 Å². The number of carboxylic acid groups (broad SMARTS) is 1. The van der Waals surface area contributed by atoms with E-state index < -0.39 is 5.97 Å². The molecule has 3 aliphatic rings. The first kappa shape index (κ1) is 13.7. The highest BCUT2D eigenvalue weighted by Crippen LogP contribution is 2.49. The molecule has 0 aromatic heterocycles. The zero-order valence-electron chi connectivity index (χ0n) is 12.1. The van der Waals surface area contributed by atoms with Crippen molar-refractivity contribution < 1.29 is 15.0 Å². The summed E-state index contributed by atoms with van der Waals surface area (Å²) in [5.41, 5.74) is 4.08. The van der Waals surface area contributed by atoms with Crippen molar-refractivity contribution >= 4 is 23.3 Å². The minimum Gasteiger partial charge on any atom is -0.508 e. The normalized spacial score (nSPS) is 19.2. The van der Waals surface area contributed by atoms with Crippen molar-refractivity contribution in [3.8, 4) is 5.75 Å². The van der Waals surface area contributed by atoms with Gasteiger partial charge in [0.15, 0.2) is 0 Å². The Morgan fingerprint density at radius 3 is 2.73 bits per heavy atom. The minimum absolute atomic E-state index is 0.242. The summed E-state index contributed by atoms with van der Waals surface area (Å²) >= 11 is 1.66. The Morgan fingerprint density at radius 2 is 1.91 bits per heavy atom. The second kappa shape index (κ2) is 5.06. The van der Waals surface area contributed by atoms with Crippen LogP contribution in [0.1, 0.15) is 36.0 Å². The van der Waals surface area contributed by atoms with Gasteiger partial charge in [-0.3, -0.25) is 0 Å². The Bertz CT molecular complexity index is 784. The third-order valence-corrected chi connectivity index (χ3v) is 5.80. The topological polar surface area (TPSA) is 57.5 Å². The Hall–Kier alpha value is -1.94. The number of thioether (sulfide) groups is 1. The lowest BCUT2D eigenvalue weighted by Gasteiger charge is -2.15. The summed E-state index contributed by atoms with van der Waals surface area (Å²) < 4.78 is 0. The zero-order chi connectivity index (χ0) is 15.3. The number of aromatic hydroxyl groups is 1. The van der Waals surface area contributed by atoms with Gasteiger partial charge >= 0.3 is 5.97 Å². The number of carbonyl (C=O) groups is 1. The molecule has 0 saturated heterocycles. The molecule has 1 aromatic rings. The lowest BCUT2D eigenvalue weighted by atomic mass is 9.96. The molecule has 2 aliphatic carbocycles. The fourth-order valence-corrected chi connectivity index (χ4v) is 4.78. The second-order valence-electron chi connectivity index (χ2n) is 5.85. The molecule has 4 heteroatoms. The van der Waals surface area contributed by atoms with Crippen molar-refractivity contribution in [2.75, 3.05) is 0 Å². The smallest absolute Gasteiger partial charge is 0.336 e. The number of benzene rings is 1. The monoisotopic (exact) mass is 312 g/mol. The second-order valence-corrected chi connectivity index (χ2v) is 6.91. The lowest BCUT2D eigenvalue weighted by Crippen LogP contribution is -2.02. The Morgan fingerprint density at radius 1 is 1.14 bits per heavy atom. The van der Waals surface area contributed by atoms with E-state index in [2.05, 4.69) is 12.2 Å². The third kappa shape index (κ3) is 2.02. The summed E-state index contributed by atoms with van der Waals surface area (Å²) in [6, 6.07) is 1.64. The van der Waals surface area contributed by atoms with E-state index in [1.807, 2.05) is 0 Å². The molecule has 1 aliphatic heterocycles. The fourth-order valence-electron chi connectivity index (χ4n) is 3.47. The number of aliphatic carboxylic acids is 1. The average molecular weight is 312 g/mol. The first-order valence-corrected chi connectivity index (χ1v) is 8.38. The maximum absolute atomic E-state index is 11.7. The van der Waals surface area contributed by atoms with Gasteiger partial charge in [0.25, 0.3) is 0 Å². The van der Waals surface area contributed by atoms with Crippen LogP contribution in [-0.2, 0) is 17.6 Å². The van der Waals surface area contributed by atoms with Crippen LogP contribution >= 0.6 is 11.8 Å². The molecule has 0 bridgehead atoms. The zero-order valence-corrected chi connectivity index (χ0v) is 12.9. The van der Waals surface area contributed by atoms with Crippen molar-refractivity contribution in [2.24, 2.45) is 0 Å². The summed E-state index contributed by atoms with van der Waals surface area (Å²) in [6.45, 7) is 0. The molecule has 112 valence electrons. The van der Waals surface area contributed by atoms with Crippen LogP contribution in [0, 0.1) is 0 Å². The molecule has 0 atom stereocenters. The van der Waals surface area contributed by atoms with Gasteiger partial charge in [-0.25, -0.2) is 4.79 Å². The molecule has 2 N–H and O–H groups in total. The van der Waals surface area contributed by atoms with Crippen LogP contribution in [0.5, 0.6) is 5.75 Å². The molecule has 0 radical (unpaired) electrons. The van der Waals surface area contributed by atoms with Gasteiger partial charge < -0.3 is 10.2 Å². The minimum atomic E-state index is -0.938. The number of rotatable bonds is 1. The fraction of sp³-hybridized carbons (Fsp3) is 0.278. The standard InChI is InChI=1S/C18H16O3S/c19-15-9-13-14(18(20)21)8-10-4-1-2-7-16(10)22-17(13)12-6-3-5-11(12)15/h4,7-9,19H,1-3,5-6H2,(H,20,21). The van der Waals surface area contributed by atoms with Crippen LogP contribution in [0.3, 0.4) is 0 Å². The highest BCUT2D eigenvalue weighted by atomic mass is 32.2. The van der Waals surface area contributed by atoms with Gasteiger partial charge in [-0.1, -0.05) is 23.9 Å². The third-order valence-electron chi connectivity index (χ3n) is 4.50. The Kier molecular flexibility index (Phi) is 3.15. The molecule has 4 rings (SSSR count). The van der Waals surface area contributed by atoms with Crippen LogP contribution in [-0.4, -0.2) is 16.2 Å². The van der Waals surface area contributed by atoms with E-state index in [0.717, 1.165) is 58.6 Å². The number of hydrogen-bond donors (Lipinski definition) is 2. The molecular formula is C18H16O3S. The molecule has 0 amide bonds. The average Bonchev–Trinajstić information content (AvgIpc) is 2.93. The molecule has 0 unspecified atom stereocenters. The van der Waals surface area contributed by atoms with Gasteiger partial charge in [0.2, 0.25) is 0 Å². The molecule has 1 aromatic carbocycles. The highest BCUT2D eigenvalue weighted by Gasteiger charge is 2.29. The van der Waals surface area contributed by atoms with E-state index in [0.29, 0.717) is 5.56 Å². The maximum atomic E-state index is 11.7. The summed E-state index contributed by atoms with van der Waals surface area (Å²) in [7, 11) is 0. The van der Waals surface area contributed by atoms with Crippen LogP contribution in [0.4, 0.5) is 0 Å². The summed E-state index contributed by atoms with van der Waals surface area (Å²) in [6.07, 6.45) is 10.8. The number of phenolic OH excluding ortho intramolecular Hbond substituents is 1. The van der Waals surface area contributed by atoms with E-state index in [-0.39, 0.29) is 11.3 Å². The number of phenols is 1. The van der Waals surface area contributed by atoms with Crippen molar-refractivity contribution in [1.82, 2.24) is 0 Å². The van der Waals surface area contributed by atoms with E-state index in [1.165, 1.54) is 0 Å². The summed E-state index contributed by atoms with van der Waals surface area (Å²) in [5, 5.41) is 19.9. The highest BCUT2D eigenvalue weighted by molar-refractivity contribution is 8.03. The largest absolute Gasteiger partial charge is 0.508 e. The Labute approximate surface area is 133 Å². The SMILES string of the molecule is O=C(O)C1=CC2=CCCC=C2Sc2c1cc(O)c1c2CCC1. The maximum Gasteiger partial charge on any atom is 0.336 e. The van der Waals surface area contributed by atoms with Gasteiger partial charge in [0.1, 0.15) is 5.75 Å². The van der Waals surface area contributed by atoms with Crippen LogP contribution in [0.25, 0.3) is 5.57 Å². The molecule has 0 fully saturated rings. The van der Waals surface area contributed by atoms with Crippen molar-refractivity contribution in [3.05, 3.63) is 51.5 Å². The summed E-state index contributed by atoms with van der Waals surface area (Å²) in [4.78, 5) is 13.9. The number of fused-ring (bicyclic) bond motifs is 4. The predicted molar refractivity (Wildman–Crippen MR) is 87.0 cm³/mol. The van der Waals surface area contributed by atoms with Gasteiger partial charge in [-0.2, -0.15) is 0 Å². The quantitative estimate of drug-likeness (QED) is 0.821. The van der Waals surface area contributed by atoms with Crippen LogP contribution < -0.4 is 0 Å². The molecular weight excluding hydrogens is 296 g/mol. The number of allylic oxidation sites excluding steroid dienone is 4. The molecule has 0 saturated carbocycles. The van der Waals surface area contributed by atoms with Gasteiger partial charge in [0.05, 0.1) is 5.57 Å². The first-order chi connectivity index (χ1) is 10.6. The van der Waals surface area contributed by atoms with Crippen LogP contribution in [0.2, 0.25) is 0 Å².